The van der Waals surface area contributed by atoms with E-state index in [2.05, 4.69) is 16.0 Å². The highest BCUT2D eigenvalue weighted by atomic mass is 35.5. The highest BCUT2D eigenvalue weighted by Crippen LogP contribution is 2.44. The molecule has 4 rings (SSSR count). The van der Waals surface area contributed by atoms with Crippen molar-refractivity contribution in [2.75, 3.05) is 13.1 Å². The molecule has 0 amide bonds. The Hall–Kier alpha value is -1.19. The average Bonchev–Trinajstić information content (AvgIpc) is 2.35. The Bertz CT molecular complexity index is 648. The summed E-state index contributed by atoms with van der Waals surface area (Å²) in [6, 6.07) is 6.77. The number of halogens is 2. The largest absolute Gasteiger partial charge is 0.294 e. The number of rotatable bonds is 2. The van der Waals surface area contributed by atoms with Gasteiger partial charge in [0.15, 0.2) is 0 Å². The maximum Gasteiger partial charge on any atom is 0.125 e. The molecule has 2 aliphatic rings. The van der Waals surface area contributed by atoms with Gasteiger partial charge in [-0.05, 0) is 47.9 Å². The van der Waals surface area contributed by atoms with Crippen LogP contribution in [0.3, 0.4) is 0 Å². The first kappa shape index (κ1) is 12.5. The van der Waals surface area contributed by atoms with E-state index in [4.69, 9.17) is 11.6 Å². The van der Waals surface area contributed by atoms with Crippen molar-refractivity contribution in [3.63, 3.8) is 0 Å². The van der Waals surface area contributed by atoms with Crippen LogP contribution in [0.1, 0.15) is 24.3 Å². The summed E-state index contributed by atoms with van der Waals surface area (Å²) in [4.78, 5) is 6.37. The van der Waals surface area contributed by atoms with Crippen molar-refractivity contribution in [1.29, 1.82) is 0 Å². The Morgan fingerprint density at radius 3 is 2.75 bits per heavy atom. The number of aromatic nitrogens is 1. The maximum absolute atomic E-state index is 12.9. The first-order valence-electron chi connectivity index (χ1n) is 7.12. The Labute approximate surface area is 122 Å². The Morgan fingerprint density at radius 1 is 1.20 bits per heavy atom. The molecule has 1 aromatic heterocycles. The molecule has 104 valence electrons. The molecule has 1 aromatic carbocycles. The molecule has 1 saturated carbocycles. The number of nitrogens with zero attached hydrogens (tertiary/aromatic N) is 2. The number of fused-ring (bicyclic) bond motifs is 1. The van der Waals surface area contributed by atoms with E-state index in [1.165, 1.54) is 10.9 Å². The van der Waals surface area contributed by atoms with Gasteiger partial charge in [0, 0.05) is 41.9 Å². The molecule has 2 aromatic rings. The maximum atomic E-state index is 12.9. The molecule has 0 bridgehead atoms. The zero-order chi connectivity index (χ0) is 13.7. The number of hydrogen-bond acceptors (Lipinski definition) is 2. The molecular weight excluding hydrogens is 275 g/mol. The van der Waals surface area contributed by atoms with Gasteiger partial charge in [-0.15, -0.1) is 0 Å². The molecule has 2 nitrogen and oxygen atoms in total. The Kier molecular flexibility index (Phi) is 2.93. The van der Waals surface area contributed by atoms with Gasteiger partial charge in [0.25, 0.3) is 0 Å². The molecule has 1 aliphatic carbocycles. The molecule has 0 spiro atoms. The first-order chi connectivity index (χ1) is 9.70. The van der Waals surface area contributed by atoms with Crippen molar-refractivity contribution < 1.29 is 4.39 Å². The highest BCUT2D eigenvalue weighted by Gasteiger charge is 2.40. The summed E-state index contributed by atoms with van der Waals surface area (Å²) in [5, 5.41) is 3.11. The number of likely N-dealkylation sites (tertiary alicyclic amines) is 1. The molecule has 0 N–H and O–H groups in total. The molecule has 0 radical (unpaired) electrons. The second kappa shape index (κ2) is 4.68. The van der Waals surface area contributed by atoms with E-state index in [1.807, 2.05) is 24.5 Å². The van der Waals surface area contributed by atoms with Gasteiger partial charge in [-0.3, -0.25) is 9.88 Å². The van der Waals surface area contributed by atoms with Gasteiger partial charge in [-0.1, -0.05) is 11.6 Å². The van der Waals surface area contributed by atoms with Crippen LogP contribution >= 0.6 is 11.6 Å². The van der Waals surface area contributed by atoms with Crippen molar-refractivity contribution in [2.45, 2.75) is 31.0 Å². The van der Waals surface area contributed by atoms with Crippen LogP contribution in [-0.4, -0.2) is 35.2 Å². The van der Waals surface area contributed by atoms with Crippen LogP contribution in [0.4, 0.5) is 4.39 Å². The third kappa shape index (κ3) is 2.00. The van der Waals surface area contributed by atoms with Gasteiger partial charge in [-0.2, -0.15) is 0 Å². The van der Waals surface area contributed by atoms with Crippen LogP contribution in [0, 0.1) is 0 Å². The molecule has 4 heteroatoms. The number of pyridine rings is 1. The summed E-state index contributed by atoms with van der Waals surface area (Å²) >= 11 is 6.41. The topological polar surface area (TPSA) is 16.1 Å². The van der Waals surface area contributed by atoms with Crippen molar-refractivity contribution >= 4 is 22.4 Å². The molecule has 1 saturated heterocycles. The smallest absolute Gasteiger partial charge is 0.125 e. The fourth-order valence-electron chi connectivity index (χ4n) is 3.33. The minimum absolute atomic E-state index is 0.517. The summed E-state index contributed by atoms with van der Waals surface area (Å²) in [7, 11) is 0. The third-order valence-corrected chi connectivity index (χ3v) is 5.02. The quantitative estimate of drug-likeness (QED) is 0.836. The molecule has 2 fully saturated rings. The SMILES string of the molecule is FC1CN(C2CC(c3cc4ccncc4cc3Cl)C2)C1. The first-order valence-corrected chi connectivity index (χ1v) is 7.50. The monoisotopic (exact) mass is 290 g/mol. The highest BCUT2D eigenvalue weighted by molar-refractivity contribution is 6.32. The van der Waals surface area contributed by atoms with Gasteiger partial charge in [0.2, 0.25) is 0 Å². The van der Waals surface area contributed by atoms with Crippen molar-refractivity contribution in [3.8, 4) is 0 Å². The van der Waals surface area contributed by atoms with E-state index in [0.717, 1.165) is 23.3 Å². The van der Waals surface area contributed by atoms with Crippen molar-refractivity contribution in [3.05, 3.63) is 41.2 Å². The summed E-state index contributed by atoms with van der Waals surface area (Å²) < 4.78 is 12.9. The minimum atomic E-state index is -0.606. The van der Waals surface area contributed by atoms with E-state index in [1.54, 1.807) is 0 Å². The zero-order valence-electron chi connectivity index (χ0n) is 11.1. The molecule has 0 atom stereocenters. The molecule has 0 unspecified atom stereocenters. The molecule has 20 heavy (non-hydrogen) atoms. The number of alkyl halides is 1. The zero-order valence-corrected chi connectivity index (χ0v) is 11.9. The standard InChI is InChI=1S/C16H16ClFN2/c17-16-6-12-7-19-2-1-10(12)5-15(16)11-3-14(4-11)20-8-13(18)9-20/h1-2,5-7,11,13-14H,3-4,8-9H2. The molecular formula is C16H16ClFN2. The number of hydrogen-bond donors (Lipinski definition) is 0. The van der Waals surface area contributed by atoms with Crippen LogP contribution in [-0.2, 0) is 0 Å². The second-order valence-corrected chi connectivity index (χ2v) is 6.38. The number of benzene rings is 1. The van der Waals surface area contributed by atoms with Gasteiger partial charge < -0.3 is 0 Å². The van der Waals surface area contributed by atoms with E-state index < -0.39 is 6.17 Å². The minimum Gasteiger partial charge on any atom is -0.294 e. The van der Waals surface area contributed by atoms with Gasteiger partial charge in [0.1, 0.15) is 6.17 Å². The van der Waals surface area contributed by atoms with Crippen LogP contribution in [0.5, 0.6) is 0 Å². The van der Waals surface area contributed by atoms with E-state index in [9.17, 15) is 4.39 Å². The lowest BCUT2D eigenvalue weighted by molar-refractivity contribution is -0.00912. The summed E-state index contributed by atoms with van der Waals surface area (Å²) in [5.74, 6) is 0.517. The van der Waals surface area contributed by atoms with Crippen LogP contribution in [0.25, 0.3) is 10.8 Å². The predicted molar refractivity (Wildman–Crippen MR) is 79.0 cm³/mol. The van der Waals surface area contributed by atoms with E-state index in [0.29, 0.717) is 25.0 Å². The summed E-state index contributed by atoms with van der Waals surface area (Å²) in [6.45, 7) is 1.24. The lowest BCUT2D eigenvalue weighted by Crippen LogP contribution is -2.57. The van der Waals surface area contributed by atoms with Crippen LogP contribution in [0.2, 0.25) is 5.02 Å². The van der Waals surface area contributed by atoms with E-state index >= 15 is 0 Å². The Morgan fingerprint density at radius 2 is 2.00 bits per heavy atom. The van der Waals surface area contributed by atoms with Crippen molar-refractivity contribution in [2.24, 2.45) is 0 Å². The van der Waals surface area contributed by atoms with Gasteiger partial charge in [-0.25, -0.2) is 4.39 Å². The normalized spacial score (nSPS) is 27.3. The van der Waals surface area contributed by atoms with Gasteiger partial charge in [0.05, 0.1) is 0 Å². The third-order valence-electron chi connectivity index (χ3n) is 4.69. The van der Waals surface area contributed by atoms with Crippen LogP contribution in [0.15, 0.2) is 30.6 Å². The van der Waals surface area contributed by atoms with Crippen molar-refractivity contribution in [1.82, 2.24) is 9.88 Å². The second-order valence-electron chi connectivity index (χ2n) is 5.97. The molecule has 2 heterocycles. The lowest BCUT2D eigenvalue weighted by atomic mass is 9.74. The average molecular weight is 291 g/mol. The van der Waals surface area contributed by atoms with Crippen LogP contribution < -0.4 is 0 Å². The Balaban J connectivity index is 1.53. The van der Waals surface area contributed by atoms with Gasteiger partial charge >= 0.3 is 0 Å². The fraction of sp³-hybridized carbons (Fsp3) is 0.438. The van der Waals surface area contributed by atoms with E-state index in [-0.39, 0.29) is 0 Å². The fourth-order valence-corrected chi connectivity index (χ4v) is 3.66. The molecule has 1 aliphatic heterocycles. The summed E-state index contributed by atoms with van der Waals surface area (Å²) in [5.41, 5.74) is 1.24. The summed E-state index contributed by atoms with van der Waals surface area (Å²) in [6.07, 6.45) is 5.25. The lowest BCUT2D eigenvalue weighted by Gasteiger charge is -2.48. The predicted octanol–water partition coefficient (Wildman–Crippen LogP) is 3.79.